The summed E-state index contributed by atoms with van der Waals surface area (Å²) >= 11 is 0. The van der Waals surface area contributed by atoms with E-state index in [1.807, 2.05) is 17.9 Å². The minimum atomic E-state index is 0.0791. The van der Waals surface area contributed by atoms with Crippen molar-refractivity contribution in [1.82, 2.24) is 9.97 Å². The smallest absolute Gasteiger partial charge is 0.227 e. The molecule has 1 aromatic heterocycles. The lowest BCUT2D eigenvalue weighted by atomic mass is 9.92. The third-order valence-corrected chi connectivity index (χ3v) is 3.07. The maximum absolute atomic E-state index is 9.10. The second kappa shape index (κ2) is 5.11. The van der Waals surface area contributed by atoms with Gasteiger partial charge in [-0.05, 0) is 32.3 Å². The average molecular weight is 232 g/mol. The normalized spacial score (nSPS) is 15.1. The number of nitriles is 1. The Morgan fingerprint density at radius 1 is 1.53 bits per heavy atom. The molecule has 0 unspecified atom stereocenters. The fraction of sp³-hybridized carbons (Fsp3) is 0.583. The molecule has 90 valence electrons. The molecule has 0 aromatic carbocycles. The van der Waals surface area contributed by atoms with Crippen molar-refractivity contribution in [3.8, 4) is 6.07 Å². The molecule has 1 aliphatic rings. The van der Waals surface area contributed by atoms with Crippen molar-refractivity contribution in [2.75, 3.05) is 18.1 Å². The lowest BCUT2D eigenvalue weighted by Crippen LogP contribution is -2.43. The van der Waals surface area contributed by atoms with Gasteiger partial charge < -0.3 is 10.0 Å². The van der Waals surface area contributed by atoms with Crippen molar-refractivity contribution in [2.24, 2.45) is 0 Å². The zero-order valence-electron chi connectivity index (χ0n) is 9.93. The first kappa shape index (κ1) is 11.8. The van der Waals surface area contributed by atoms with Crippen LogP contribution in [0.1, 0.15) is 30.7 Å². The summed E-state index contributed by atoms with van der Waals surface area (Å²) in [6, 6.07) is 4.12. The Hall–Kier alpha value is -1.67. The minimum absolute atomic E-state index is 0.0791. The predicted molar refractivity (Wildman–Crippen MR) is 63.6 cm³/mol. The Morgan fingerprint density at radius 2 is 2.29 bits per heavy atom. The topological polar surface area (TPSA) is 73.0 Å². The number of aryl methyl sites for hydroxylation is 1. The highest BCUT2D eigenvalue weighted by Gasteiger charge is 2.26. The van der Waals surface area contributed by atoms with Gasteiger partial charge in [0.2, 0.25) is 5.95 Å². The molecule has 1 aromatic rings. The molecule has 1 aliphatic carbocycles. The summed E-state index contributed by atoms with van der Waals surface area (Å²) in [5.41, 5.74) is 1.17. The maximum atomic E-state index is 9.10. The first-order valence-electron chi connectivity index (χ1n) is 5.88. The second-order valence-corrected chi connectivity index (χ2v) is 4.31. The van der Waals surface area contributed by atoms with Gasteiger partial charge >= 0.3 is 0 Å². The molecular weight excluding hydrogens is 216 g/mol. The molecule has 5 nitrogen and oxygen atoms in total. The zero-order valence-corrected chi connectivity index (χ0v) is 9.93. The van der Waals surface area contributed by atoms with Crippen LogP contribution in [0.4, 0.5) is 5.95 Å². The molecule has 1 N–H and O–H groups in total. The van der Waals surface area contributed by atoms with Gasteiger partial charge in [0, 0.05) is 18.3 Å². The van der Waals surface area contributed by atoms with Gasteiger partial charge in [-0.25, -0.2) is 9.97 Å². The molecule has 1 saturated carbocycles. The van der Waals surface area contributed by atoms with Crippen LogP contribution < -0.4 is 4.90 Å². The standard InChI is InChI=1S/C12H16N4O/c1-9-7-10(8-13)15-12(14-9)16(5-6-17)11-3-2-4-11/h7,11,17H,2-6H2,1H3. The van der Waals surface area contributed by atoms with Crippen LogP contribution in [0, 0.1) is 18.3 Å². The number of hydrogen-bond donors (Lipinski definition) is 1. The van der Waals surface area contributed by atoms with Crippen molar-refractivity contribution >= 4 is 5.95 Å². The van der Waals surface area contributed by atoms with E-state index in [0.717, 1.165) is 18.5 Å². The van der Waals surface area contributed by atoms with E-state index in [1.165, 1.54) is 6.42 Å². The molecule has 0 amide bonds. The Labute approximate surface area is 101 Å². The van der Waals surface area contributed by atoms with Crippen LogP contribution in [-0.4, -0.2) is 34.3 Å². The first-order valence-corrected chi connectivity index (χ1v) is 5.88. The van der Waals surface area contributed by atoms with E-state index in [9.17, 15) is 0 Å². The quantitative estimate of drug-likeness (QED) is 0.838. The van der Waals surface area contributed by atoms with Crippen LogP contribution in [0.2, 0.25) is 0 Å². The molecule has 1 heterocycles. The van der Waals surface area contributed by atoms with Gasteiger partial charge in [-0.3, -0.25) is 0 Å². The Kier molecular flexibility index (Phi) is 3.55. The summed E-state index contributed by atoms with van der Waals surface area (Å²) in [7, 11) is 0. The van der Waals surface area contributed by atoms with Crippen LogP contribution in [0.3, 0.4) is 0 Å². The van der Waals surface area contributed by atoms with Crippen molar-refractivity contribution in [1.29, 1.82) is 5.26 Å². The monoisotopic (exact) mass is 232 g/mol. The van der Waals surface area contributed by atoms with E-state index in [0.29, 0.717) is 24.2 Å². The van der Waals surface area contributed by atoms with Crippen molar-refractivity contribution in [2.45, 2.75) is 32.2 Å². The second-order valence-electron chi connectivity index (χ2n) is 4.31. The van der Waals surface area contributed by atoms with Crippen LogP contribution in [-0.2, 0) is 0 Å². The highest BCUT2D eigenvalue weighted by Crippen LogP contribution is 2.27. The van der Waals surface area contributed by atoms with Crippen LogP contribution in [0.25, 0.3) is 0 Å². The molecule has 17 heavy (non-hydrogen) atoms. The largest absolute Gasteiger partial charge is 0.395 e. The lowest BCUT2D eigenvalue weighted by molar-refractivity contribution is 0.282. The molecule has 0 atom stereocenters. The van der Waals surface area contributed by atoms with Crippen LogP contribution >= 0.6 is 0 Å². The molecule has 0 radical (unpaired) electrons. The molecular formula is C12H16N4O. The third-order valence-electron chi connectivity index (χ3n) is 3.07. The highest BCUT2D eigenvalue weighted by molar-refractivity contribution is 5.37. The number of nitrogens with zero attached hydrogens (tertiary/aromatic N) is 4. The average Bonchev–Trinajstić information content (AvgIpc) is 2.25. The summed E-state index contributed by atoms with van der Waals surface area (Å²) in [4.78, 5) is 10.6. The molecule has 0 bridgehead atoms. The van der Waals surface area contributed by atoms with Crippen LogP contribution in [0.15, 0.2) is 6.07 Å². The van der Waals surface area contributed by atoms with Crippen LogP contribution in [0.5, 0.6) is 0 Å². The summed E-state index contributed by atoms with van der Waals surface area (Å²) in [6.45, 7) is 2.46. The van der Waals surface area contributed by atoms with Gasteiger partial charge in [0.15, 0.2) is 0 Å². The lowest BCUT2D eigenvalue weighted by Gasteiger charge is -2.37. The fourth-order valence-electron chi connectivity index (χ4n) is 1.99. The van der Waals surface area contributed by atoms with Crippen molar-refractivity contribution in [3.63, 3.8) is 0 Å². The van der Waals surface area contributed by atoms with Gasteiger partial charge in [-0.1, -0.05) is 0 Å². The summed E-state index contributed by atoms with van der Waals surface area (Å²) in [6.07, 6.45) is 3.43. The van der Waals surface area contributed by atoms with E-state index >= 15 is 0 Å². The summed E-state index contributed by atoms with van der Waals surface area (Å²) in [5.74, 6) is 0.570. The summed E-state index contributed by atoms with van der Waals surface area (Å²) < 4.78 is 0. The van der Waals surface area contributed by atoms with Gasteiger partial charge in [-0.2, -0.15) is 5.26 Å². The Bertz CT molecular complexity index is 437. The van der Waals surface area contributed by atoms with E-state index in [2.05, 4.69) is 9.97 Å². The van der Waals surface area contributed by atoms with E-state index < -0.39 is 0 Å². The minimum Gasteiger partial charge on any atom is -0.395 e. The van der Waals surface area contributed by atoms with Gasteiger partial charge in [0.05, 0.1) is 6.61 Å². The zero-order chi connectivity index (χ0) is 12.3. The SMILES string of the molecule is Cc1cc(C#N)nc(N(CCO)C2CCC2)n1. The summed E-state index contributed by atoms with van der Waals surface area (Å²) in [5, 5.41) is 18.0. The predicted octanol–water partition coefficient (Wildman–Crippen LogP) is 1.01. The van der Waals surface area contributed by atoms with Gasteiger partial charge in [-0.15, -0.1) is 0 Å². The number of aliphatic hydroxyl groups is 1. The van der Waals surface area contributed by atoms with E-state index in [-0.39, 0.29) is 6.61 Å². The van der Waals surface area contributed by atoms with Gasteiger partial charge in [0.25, 0.3) is 0 Å². The Balaban J connectivity index is 2.28. The Morgan fingerprint density at radius 3 is 2.82 bits per heavy atom. The fourth-order valence-corrected chi connectivity index (χ4v) is 1.99. The maximum Gasteiger partial charge on any atom is 0.227 e. The molecule has 1 fully saturated rings. The molecule has 0 aliphatic heterocycles. The molecule has 0 spiro atoms. The number of anilines is 1. The third kappa shape index (κ3) is 2.53. The number of aromatic nitrogens is 2. The van der Waals surface area contributed by atoms with E-state index in [1.54, 1.807) is 6.07 Å². The van der Waals surface area contributed by atoms with E-state index in [4.69, 9.17) is 10.4 Å². The first-order chi connectivity index (χ1) is 8.24. The number of rotatable bonds is 4. The van der Waals surface area contributed by atoms with Gasteiger partial charge in [0.1, 0.15) is 11.8 Å². The highest BCUT2D eigenvalue weighted by atomic mass is 16.3. The van der Waals surface area contributed by atoms with Crippen molar-refractivity contribution < 1.29 is 5.11 Å². The number of aliphatic hydroxyl groups excluding tert-OH is 1. The molecule has 2 rings (SSSR count). The molecule has 0 saturated heterocycles. The van der Waals surface area contributed by atoms with Crippen molar-refractivity contribution in [3.05, 3.63) is 17.5 Å². The number of hydrogen-bond acceptors (Lipinski definition) is 5. The molecule has 5 heteroatoms.